The largest absolute Gasteiger partial charge is 0.497 e. The Labute approximate surface area is 172 Å². The smallest absolute Gasteiger partial charge is 0.319 e. The van der Waals surface area contributed by atoms with Crippen LogP contribution < -0.4 is 20.1 Å². The third kappa shape index (κ3) is 6.68. The number of para-hydroxylation sites is 2. The predicted octanol–water partition coefficient (Wildman–Crippen LogP) is 4.40. The van der Waals surface area contributed by atoms with Gasteiger partial charge in [0.1, 0.15) is 18.1 Å². The number of carbonyl (C=O) groups is 1. The Kier molecular flexibility index (Phi) is 7.76. The SMILES string of the molecule is COc1cccc(CC(C)NC(=O)Nc2ccccc2OCC2CCCCO2)c1. The van der Waals surface area contributed by atoms with E-state index in [2.05, 4.69) is 10.6 Å². The second-order valence-electron chi connectivity index (χ2n) is 7.35. The zero-order chi connectivity index (χ0) is 20.5. The van der Waals surface area contributed by atoms with Gasteiger partial charge in [-0.15, -0.1) is 0 Å². The summed E-state index contributed by atoms with van der Waals surface area (Å²) >= 11 is 0. The molecule has 0 radical (unpaired) electrons. The molecule has 1 aliphatic heterocycles. The van der Waals surface area contributed by atoms with Crippen molar-refractivity contribution in [2.75, 3.05) is 25.6 Å². The molecule has 6 nitrogen and oxygen atoms in total. The molecule has 0 spiro atoms. The van der Waals surface area contributed by atoms with Crippen LogP contribution in [0.5, 0.6) is 11.5 Å². The number of amides is 2. The van der Waals surface area contributed by atoms with Crippen LogP contribution in [0.2, 0.25) is 0 Å². The highest BCUT2D eigenvalue weighted by molar-refractivity contribution is 5.91. The van der Waals surface area contributed by atoms with Crippen molar-refractivity contribution < 1.29 is 19.0 Å². The molecule has 2 amide bonds. The number of hydrogen-bond donors (Lipinski definition) is 2. The fraction of sp³-hybridized carbons (Fsp3) is 0.435. The van der Waals surface area contributed by atoms with Crippen LogP contribution in [0.4, 0.5) is 10.5 Å². The molecular formula is C23H30N2O4. The van der Waals surface area contributed by atoms with E-state index >= 15 is 0 Å². The first-order valence-corrected chi connectivity index (χ1v) is 10.2. The molecule has 156 valence electrons. The van der Waals surface area contributed by atoms with Crippen LogP contribution in [0.15, 0.2) is 48.5 Å². The minimum Gasteiger partial charge on any atom is -0.497 e. The van der Waals surface area contributed by atoms with Crippen LogP contribution >= 0.6 is 0 Å². The summed E-state index contributed by atoms with van der Waals surface area (Å²) in [6.45, 7) is 3.26. The van der Waals surface area contributed by atoms with Crippen LogP contribution in [0.25, 0.3) is 0 Å². The highest BCUT2D eigenvalue weighted by Gasteiger charge is 2.16. The molecule has 1 heterocycles. The van der Waals surface area contributed by atoms with Gasteiger partial charge in [0.15, 0.2) is 0 Å². The monoisotopic (exact) mass is 398 g/mol. The van der Waals surface area contributed by atoms with Gasteiger partial charge >= 0.3 is 6.03 Å². The molecule has 0 aromatic heterocycles. The lowest BCUT2D eigenvalue weighted by atomic mass is 10.1. The molecular weight excluding hydrogens is 368 g/mol. The first kappa shape index (κ1) is 21.0. The fourth-order valence-electron chi connectivity index (χ4n) is 3.40. The Hall–Kier alpha value is -2.73. The molecule has 2 aromatic rings. The van der Waals surface area contributed by atoms with Crippen molar-refractivity contribution in [3.05, 3.63) is 54.1 Å². The minimum atomic E-state index is -0.259. The second kappa shape index (κ2) is 10.7. The number of carbonyl (C=O) groups excluding carboxylic acids is 1. The van der Waals surface area contributed by atoms with Crippen molar-refractivity contribution in [3.8, 4) is 11.5 Å². The molecule has 2 N–H and O–H groups in total. The lowest BCUT2D eigenvalue weighted by Gasteiger charge is -2.23. The highest BCUT2D eigenvalue weighted by atomic mass is 16.5. The third-order valence-corrected chi connectivity index (χ3v) is 4.89. The van der Waals surface area contributed by atoms with E-state index in [4.69, 9.17) is 14.2 Å². The van der Waals surface area contributed by atoms with Gasteiger partial charge in [0.25, 0.3) is 0 Å². The van der Waals surface area contributed by atoms with Gasteiger partial charge < -0.3 is 24.8 Å². The normalized spacial score (nSPS) is 17.2. The first-order chi connectivity index (χ1) is 14.1. The lowest BCUT2D eigenvalue weighted by molar-refractivity contribution is -0.0109. The summed E-state index contributed by atoms with van der Waals surface area (Å²) < 4.78 is 16.9. The van der Waals surface area contributed by atoms with Gasteiger partial charge in [0.2, 0.25) is 0 Å². The number of nitrogens with one attached hydrogen (secondary N) is 2. The van der Waals surface area contributed by atoms with E-state index in [1.54, 1.807) is 7.11 Å². The van der Waals surface area contributed by atoms with Gasteiger partial charge in [0, 0.05) is 12.6 Å². The molecule has 2 unspecified atom stereocenters. The standard InChI is InChI=1S/C23H30N2O4/c1-17(14-18-8-7-10-19(15-18)27-2)24-23(26)25-21-11-3-4-12-22(21)29-16-20-9-5-6-13-28-20/h3-4,7-8,10-12,15,17,20H,5-6,9,13-14,16H2,1-2H3,(H2,24,25,26). The van der Waals surface area contributed by atoms with Crippen molar-refractivity contribution >= 4 is 11.7 Å². The van der Waals surface area contributed by atoms with E-state index in [1.807, 2.05) is 55.5 Å². The van der Waals surface area contributed by atoms with Gasteiger partial charge in [-0.1, -0.05) is 24.3 Å². The van der Waals surface area contributed by atoms with Gasteiger partial charge in [-0.2, -0.15) is 0 Å². The lowest BCUT2D eigenvalue weighted by Crippen LogP contribution is -2.37. The van der Waals surface area contributed by atoms with E-state index in [-0.39, 0.29) is 18.2 Å². The maximum atomic E-state index is 12.5. The summed E-state index contributed by atoms with van der Waals surface area (Å²) in [5.74, 6) is 1.46. The summed E-state index contributed by atoms with van der Waals surface area (Å²) in [5.41, 5.74) is 1.75. The van der Waals surface area contributed by atoms with Crippen LogP contribution in [0.3, 0.4) is 0 Å². The van der Waals surface area contributed by atoms with Crippen LogP contribution in [0.1, 0.15) is 31.7 Å². The Bertz CT molecular complexity index is 790. The van der Waals surface area contributed by atoms with Crippen LogP contribution in [0, 0.1) is 0 Å². The van der Waals surface area contributed by atoms with Gasteiger partial charge in [0.05, 0.1) is 18.9 Å². The van der Waals surface area contributed by atoms with Crippen molar-refractivity contribution in [2.24, 2.45) is 0 Å². The number of methoxy groups -OCH3 is 1. The van der Waals surface area contributed by atoms with Gasteiger partial charge in [-0.25, -0.2) is 4.79 Å². The van der Waals surface area contributed by atoms with Crippen molar-refractivity contribution in [2.45, 2.75) is 44.8 Å². The Morgan fingerprint density at radius 1 is 1.21 bits per heavy atom. The summed E-state index contributed by atoms with van der Waals surface area (Å²) in [5, 5.41) is 5.87. The molecule has 29 heavy (non-hydrogen) atoms. The van der Waals surface area contributed by atoms with Gasteiger partial charge in [-0.3, -0.25) is 0 Å². The van der Waals surface area contributed by atoms with Crippen molar-refractivity contribution in [1.82, 2.24) is 5.32 Å². The fourth-order valence-corrected chi connectivity index (χ4v) is 3.40. The van der Waals surface area contributed by atoms with E-state index in [1.165, 1.54) is 6.42 Å². The molecule has 2 atom stereocenters. The zero-order valence-corrected chi connectivity index (χ0v) is 17.1. The molecule has 0 bridgehead atoms. The average molecular weight is 399 g/mol. The topological polar surface area (TPSA) is 68.8 Å². The molecule has 0 saturated carbocycles. The number of rotatable bonds is 8. The number of anilines is 1. The summed E-state index contributed by atoms with van der Waals surface area (Å²) in [6, 6.07) is 15.0. The predicted molar refractivity (Wildman–Crippen MR) is 114 cm³/mol. The highest BCUT2D eigenvalue weighted by Crippen LogP contribution is 2.25. The number of urea groups is 1. The van der Waals surface area contributed by atoms with E-state index in [0.717, 1.165) is 30.8 Å². The van der Waals surface area contributed by atoms with E-state index in [9.17, 15) is 4.79 Å². The minimum absolute atomic E-state index is 0.0363. The Morgan fingerprint density at radius 2 is 2.07 bits per heavy atom. The molecule has 2 aromatic carbocycles. The van der Waals surface area contributed by atoms with Crippen molar-refractivity contribution in [3.63, 3.8) is 0 Å². The average Bonchev–Trinajstić information content (AvgIpc) is 2.74. The zero-order valence-electron chi connectivity index (χ0n) is 17.1. The molecule has 6 heteroatoms. The Morgan fingerprint density at radius 3 is 2.86 bits per heavy atom. The molecule has 1 fully saturated rings. The quantitative estimate of drug-likeness (QED) is 0.692. The maximum absolute atomic E-state index is 12.5. The van der Waals surface area contributed by atoms with E-state index < -0.39 is 0 Å². The molecule has 0 aliphatic carbocycles. The third-order valence-electron chi connectivity index (χ3n) is 4.89. The van der Waals surface area contributed by atoms with Gasteiger partial charge in [-0.05, 0) is 62.4 Å². The number of hydrogen-bond acceptors (Lipinski definition) is 4. The van der Waals surface area contributed by atoms with Crippen molar-refractivity contribution in [1.29, 1.82) is 0 Å². The second-order valence-corrected chi connectivity index (χ2v) is 7.35. The molecule has 1 aliphatic rings. The number of benzene rings is 2. The maximum Gasteiger partial charge on any atom is 0.319 e. The summed E-state index contributed by atoms with van der Waals surface area (Å²) in [6.07, 6.45) is 4.12. The first-order valence-electron chi connectivity index (χ1n) is 10.2. The summed E-state index contributed by atoms with van der Waals surface area (Å²) in [4.78, 5) is 12.5. The number of ether oxygens (including phenoxy) is 3. The molecule has 1 saturated heterocycles. The molecule has 3 rings (SSSR count). The summed E-state index contributed by atoms with van der Waals surface area (Å²) in [7, 11) is 1.65. The van der Waals surface area contributed by atoms with E-state index in [0.29, 0.717) is 24.5 Å². The Balaban J connectivity index is 1.51. The van der Waals surface area contributed by atoms with Crippen LogP contribution in [-0.2, 0) is 11.2 Å². The van der Waals surface area contributed by atoms with Crippen LogP contribution in [-0.4, -0.2) is 38.5 Å².